The lowest BCUT2D eigenvalue weighted by Gasteiger charge is -2.36. The van der Waals surface area contributed by atoms with Crippen molar-refractivity contribution < 1.29 is 9.53 Å². The summed E-state index contributed by atoms with van der Waals surface area (Å²) in [6.45, 7) is 2.41. The van der Waals surface area contributed by atoms with Gasteiger partial charge in [-0.1, -0.05) is 19.3 Å². The Labute approximate surface area is 103 Å². The number of ether oxygens (including phenoxy) is 1. The van der Waals surface area contributed by atoms with Crippen molar-refractivity contribution in [2.75, 3.05) is 26.8 Å². The third-order valence-electron chi connectivity index (χ3n) is 4.07. The van der Waals surface area contributed by atoms with Crippen LogP contribution in [0, 0.1) is 5.92 Å². The Balaban J connectivity index is 1.88. The van der Waals surface area contributed by atoms with Gasteiger partial charge in [-0.15, -0.1) is 0 Å². The molecule has 1 aliphatic carbocycles. The summed E-state index contributed by atoms with van der Waals surface area (Å²) < 4.78 is 5.34. The van der Waals surface area contributed by atoms with E-state index in [1.807, 2.05) is 11.9 Å². The van der Waals surface area contributed by atoms with Crippen molar-refractivity contribution in [3.05, 3.63) is 0 Å². The predicted octanol–water partition coefficient (Wildman–Crippen LogP) is 1.14. The minimum absolute atomic E-state index is 0.129. The number of rotatable bonds is 3. The second-order valence-corrected chi connectivity index (χ2v) is 5.63. The highest BCUT2D eigenvalue weighted by atomic mass is 16.5. The van der Waals surface area contributed by atoms with Gasteiger partial charge in [-0.2, -0.15) is 0 Å². The minimum Gasteiger partial charge on any atom is -0.381 e. The molecule has 0 radical (unpaired) electrons. The van der Waals surface area contributed by atoms with Crippen LogP contribution in [0.1, 0.15) is 38.5 Å². The summed E-state index contributed by atoms with van der Waals surface area (Å²) in [5.74, 6) is 0.625. The SMILES string of the molecule is CN(CC1CCOC1)C(=O)C1(N)CCCCC1. The van der Waals surface area contributed by atoms with Crippen LogP contribution in [0.25, 0.3) is 0 Å². The Morgan fingerprint density at radius 1 is 1.41 bits per heavy atom. The van der Waals surface area contributed by atoms with Crippen molar-refractivity contribution in [2.24, 2.45) is 11.7 Å². The van der Waals surface area contributed by atoms with E-state index in [9.17, 15) is 4.79 Å². The summed E-state index contributed by atoms with van der Waals surface area (Å²) in [5.41, 5.74) is 5.66. The Morgan fingerprint density at radius 2 is 2.12 bits per heavy atom. The first-order valence-corrected chi connectivity index (χ1v) is 6.74. The monoisotopic (exact) mass is 240 g/mol. The zero-order chi connectivity index (χ0) is 12.3. The maximum Gasteiger partial charge on any atom is 0.242 e. The van der Waals surface area contributed by atoms with Gasteiger partial charge >= 0.3 is 0 Å². The highest BCUT2D eigenvalue weighted by Crippen LogP contribution is 2.28. The second-order valence-electron chi connectivity index (χ2n) is 5.63. The predicted molar refractivity (Wildman–Crippen MR) is 66.6 cm³/mol. The Morgan fingerprint density at radius 3 is 2.71 bits per heavy atom. The van der Waals surface area contributed by atoms with Gasteiger partial charge in [0.15, 0.2) is 0 Å². The van der Waals surface area contributed by atoms with Gasteiger partial charge in [0.2, 0.25) is 5.91 Å². The van der Waals surface area contributed by atoms with E-state index in [-0.39, 0.29) is 5.91 Å². The van der Waals surface area contributed by atoms with Crippen LogP contribution in [0.4, 0.5) is 0 Å². The first-order valence-electron chi connectivity index (χ1n) is 6.74. The Bertz CT molecular complexity index is 269. The number of nitrogens with zero attached hydrogens (tertiary/aromatic N) is 1. The molecule has 4 heteroatoms. The van der Waals surface area contributed by atoms with Gasteiger partial charge in [-0.3, -0.25) is 4.79 Å². The molecule has 17 heavy (non-hydrogen) atoms. The third kappa shape index (κ3) is 2.99. The lowest BCUT2D eigenvalue weighted by atomic mass is 9.81. The van der Waals surface area contributed by atoms with Crippen molar-refractivity contribution >= 4 is 5.91 Å². The van der Waals surface area contributed by atoms with Crippen LogP contribution >= 0.6 is 0 Å². The van der Waals surface area contributed by atoms with Crippen molar-refractivity contribution in [1.29, 1.82) is 0 Å². The molecule has 0 bridgehead atoms. The molecule has 1 saturated heterocycles. The molecule has 1 heterocycles. The van der Waals surface area contributed by atoms with Gasteiger partial charge in [0.1, 0.15) is 0 Å². The summed E-state index contributed by atoms with van der Waals surface area (Å²) in [6, 6.07) is 0. The summed E-state index contributed by atoms with van der Waals surface area (Å²) >= 11 is 0. The number of carbonyl (C=O) groups is 1. The van der Waals surface area contributed by atoms with E-state index in [4.69, 9.17) is 10.5 Å². The first kappa shape index (κ1) is 12.8. The molecule has 1 amide bonds. The molecule has 0 aromatic rings. The molecule has 0 spiro atoms. The molecule has 1 saturated carbocycles. The Kier molecular flexibility index (Phi) is 4.05. The number of nitrogens with two attached hydrogens (primary N) is 1. The van der Waals surface area contributed by atoms with E-state index in [1.54, 1.807) is 0 Å². The molecule has 0 aromatic carbocycles. The summed E-state index contributed by atoms with van der Waals surface area (Å²) in [7, 11) is 1.88. The highest BCUT2D eigenvalue weighted by molar-refractivity contribution is 5.86. The number of carbonyl (C=O) groups excluding carboxylic acids is 1. The summed E-state index contributed by atoms with van der Waals surface area (Å²) in [4.78, 5) is 14.2. The second kappa shape index (κ2) is 5.36. The van der Waals surface area contributed by atoms with E-state index in [2.05, 4.69) is 0 Å². The average molecular weight is 240 g/mol. The fourth-order valence-electron chi connectivity index (χ4n) is 2.97. The topological polar surface area (TPSA) is 55.6 Å². The molecule has 1 atom stereocenters. The average Bonchev–Trinajstić information content (AvgIpc) is 2.81. The van der Waals surface area contributed by atoms with Crippen LogP contribution in [0.2, 0.25) is 0 Å². The van der Waals surface area contributed by atoms with Gasteiger partial charge in [-0.25, -0.2) is 0 Å². The molecular weight excluding hydrogens is 216 g/mol. The number of amides is 1. The quantitative estimate of drug-likeness (QED) is 0.805. The van der Waals surface area contributed by atoms with E-state index < -0.39 is 5.54 Å². The number of likely N-dealkylation sites (N-methyl/N-ethyl adjacent to an activating group) is 1. The number of hydrogen-bond acceptors (Lipinski definition) is 3. The van der Waals surface area contributed by atoms with Gasteiger partial charge in [-0.05, 0) is 19.3 Å². The van der Waals surface area contributed by atoms with Crippen molar-refractivity contribution in [2.45, 2.75) is 44.1 Å². The lowest BCUT2D eigenvalue weighted by molar-refractivity contribution is -0.137. The standard InChI is InChI=1S/C13H24N2O2/c1-15(9-11-5-8-17-10-11)12(16)13(14)6-3-2-4-7-13/h11H,2-10,14H2,1H3. The normalized spacial score (nSPS) is 28.0. The van der Waals surface area contributed by atoms with E-state index >= 15 is 0 Å². The molecule has 98 valence electrons. The van der Waals surface area contributed by atoms with Crippen molar-refractivity contribution in [3.63, 3.8) is 0 Å². The third-order valence-corrected chi connectivity index (χ3v) is 4.07. The molecule has 4 nitrogen and oxygen atoms in total. The van der Waals surface area contributed by atoms with Crippen LogP contribution in [-0.4, -0.2) is 43.2 Å². The van der Waals surface area contributed by atoms with E-state index in [0.717, 1.165) is 51.9 Å². The fourth-order valence-corrected chi connectivity index (χ4v) is 2.97. The molecular formula is C13H24N2O2. The van der Waals surface area contributed by atoms with E-state index in [1.165, 1.54) is 6.42 Å². The summed E-state index contributed by atoms with van der Waals surface area (Å²) in [5, 5.41) is 0. The molecule has 0 aromatic heterocycles. The molecule has 2 fully saturated rings. The Hall–Kier alpha value is -0.610. The van der Waals surface area contributed by atoms with Crippen LogP contribution in [0.3, 0.4) is 0 Å². The first-order chi connectivity index (χ1) is 8.12. The van der Waals surface area contributed by atoms with Gasteiger partial charge < -0.3 is 15.4 Å². The highest BCUT2D eigenvalue weighted by Gasteiger charge is 2.37. The lowest BCUT2D eigenvalue weighted by Crippen LogP contribution is -2.56. The summed E-state index contributed by atoms with van der Waals surface area (Å²) in [6.07, 6.45) is 6.14. The maximum absolute atomic E-state index is 12.4. The molecule has 1 unspecified atom stereocenters. The van der Waals surface area contributed by atoms with Gasteiger partial charge in [0.05, 0.1) is 12.1 Å². The fraction of sp³-hybridized carbons (Fsp3) is 0.923. The van der Waals surface area contributed by atoms with Crippen LogP contribution in [0.15, 0.2) is 0 Å². The molecule has 2 aliphatic rings. The largest absolute Gasteiger partial charge is 0.381 e. The zero-order valence-electron chi connectivity index (χ0n) is 10.8. The van der Waals surface area contributed by atoms with Crippen LogP contribution in [-0.2, 0) is 9.53 Å². The van der Waals surface area contributed by atoms with Crippen molar-refractivity contribution in [1.82, 2.24) is 4.90 Å². The maximum atomic E-state index is 12.4. The molecule has 1 aliphatic heterocycles. The molecule has 2 rings (SSSR count). The number of hydrogen-bond donors (Lipinski definition) is 1. The van der Waals surface area contributed by atoms with Gasteiger partial charge in [0, 0.05) is 26.1 Å². The van der Waals surface area contributed by atoms with Crippen molar-refractivity contribution in [3.8, 4) is 0 Å². The minimum atomic E-state index is -0.591. The van der Waals surface area contributed by atoms with Crippen LogP contribution in [0.5, 0.6) is 0 Å². The van der Waals surface area contributed by atoms with Crippen LogP contribution < -0.4 is 5.73 Å². The zero-order valence-corrected chi connectivity index (χ0v) is 10.8. The smallest absolute Gasteiger partial charge is 0.242 e. The van der Waals surface area contributed by atoms with Gasteiger partial charge in [0.25, 0.3) is 0 Å². The molecule has 2 N–H and O–H groups in total. The van der Waals surface area contributed by atoms with E-state index in [0.29, 0.717) is 5.92 Å².